The van der Waals surface area contributed by atoms with Gasteiger partial charge in [0.05, 0.1) is 13.2 Å². The van der Waals surface area contributed by atoms with Crippen LogP contribution in [0.15, 0.2) is 9.59 Å². The first kappa shape index (κ1) is 11.9. The van der Waals surface area contributed by atoms with E-state index in [1.165, 1.54) is 0 Å². The largest absolute Gasteiger partial charge is 0.485 e. The molecular weight excluding hydrogens is 208 g/mol. The molecule has 0 aromatic heterocycles. The van der Waals surface area contributed by atoms with Crippen molar-refractivity contribution in [2.24, 2.45) is 0 Å². The topological polar surface area (TPSA) is 52.6 Å². The first-order valence-corrected chi connectivity index (χ1v) is 4.68. The van der Waals surface area contributed by atoms with Crippen molar-refractivity contribution in [2.45, 2.75) is 12.8 Å². The van der Waals surface area contributed by atoms with E-state index in [2.05, 4.69) is 11.8 Å². The Balaban J connectivity index is 2.60. The molecule has 0 saturated heterocycles. The number of hydrogen-bond donors (Lipinski definition) is 0. The van der Waals surface area contributed by atoms with Crippen molar-refractivity contribution < 1.29 is 9.47 Å². The third-order valence-electron chi connectivity index (χ3n) is 1.81. The molecule has 0 N–H and O–H groups in total. The number of rotatable bonds is 6. The molecule has 0 radical (unpaired) electrons. The van der Waals surface area contributed by atoms with Gasteiger partial charge < -0.3 is 9.47 Å². The maximum atomic E-state index is 11.1. The highest BCUT2D eigenvalue weighted by molar-refractivity contribution is 5.45. The van der Waals surface area contributed by atoms with Crippen molar-refractivity contribution in [1.82, 2.24) is 0 Å². The first-order chi connectivity index (χ1) is 7.72. The van der Waals surface area contributed by atoms with Gasteiger partial charge in [-0.1, -0.05) is 0 Å². The summed E-state index contributed by atoms with van der Waals surface area (Å²) < 4.78 is 10.1. The molecule has 0 aliphatic carbocycles. The van der Waals surface area contributed by atoms with E-state index in [0.717, 1.165) is 0 Å². The Morgan fingerprint density at radius 2 is 1.25 bits per heavy atom. The van der Waals surface area contributed by atoms with Gasteiger partial charge in [0.25, 0.3) is 10.9 Å². The maximum absolute atomic E-state index is 11.1. The highest BCUT2D eigenvalue weighted by Gasteiger charge is 2.23. The second-order valence-corrected chi connectivity index (χ2v) is 2.92. The molecule has 1 aromatic rings. The fourth-order valence-corrected chi connectivity index (χ4v) is 1.04. The van der Waals surface area contributed by atoms with Gasteiger partial charge in [0.2, 0.25) is 11.5 Å². The van der Waals surface area contributed by atoms with Crippen molar-refractivity contribution in [3.63, 3.8) is 0 Å². The summed E-state index contributed by atoms with van der Waals surface area (Å²) in [7, 11) is 0. The van der Waals surface area contributed by atoms with E-state index in [4.69, 9.17) is 22.3 Å². The fourth-order valence-electron chi connectivity index (χ4n) is 1.04. The lowest BCUT2D eigenvalue weighted by molar-refractivity contribution is 0.264. The predicted octanol–water partition coefficient (Wildman–Crippen LogP) is 0.0868. The van der Waals surface area contributed by atoms with Gasteiger partial charge in [-0.25, -0.2) is 0 Å². The number of ether oxygens (including phenoxy) is 2. The van der Waals surface area contributed by atoms with Crippen LogP contribution in [0.1, 0.15) is 12.8 Å². The Labute approximate surface area is 92.9 Å². The minimum Gasteiger partial charge on any atom is -0.485 e. The molecule has 0 aliphatic heterocycles. The van der Waals surface area contributed by atoms with Crippen molar-refractivity contribution in [3.8, 4) is 36.2 Å². The quantitative estimate of drug-likeness (QED) is 0.385. The zero-order valence-electron chi connectivity index (χ0n) is 8.62. The van der Waals surface area contributed by atoms with E-state index in [0.29, 0.717) is 12.8 Å². The van der Waals surface area contributed by atoms with Crippen molar-refractivity contribution in [2.75, 3.05) is 13.2 Å². The molecule has 4 heteroatoms. The van der Waals surface area contributed by atoms with Crippen LogP contribution in [-0.2, 0) is 0 Å². The van der Waals surface area contributed by atoms with Crippen molar-refractivity contribution in [1.29, 1.82) is 0 Å². The minimum absolute atomic E-state index is 0.0442. The summed E-state index contributed by atoms with van der Waals surface area (Å²) in [6, 6.07) is 0. The normalized spacial score (nSPS) is 9.38. The van der Waals surface area contributed by atoms with Crippen LogP contribution in [0.2, 0.25) is 0 Å². The van der Waals surface area contributed by atoms with Gasteiger partial charge in [-0.2, -0.15) is 0 Å². The summed E-state index contributed by atoms with van der Waals surface area (Å²) in [6.07, 6.45) is 10.8. The molecule has 0 spiro atoms. The lowest BCUT2D eigenvalue weighted by Crippen LogP contribution is -2.34. The molecule has 16 heavy (non-hydrogen) atoms. The molecular formula is C12H10O4. The van der Waals surface area contributed by atoms with Crippen LogP contribution in [0.3, 0.4) is 0 Å². The van der Waals surface area contributed by atoms with Gasteiger partial charge in [-0.05, 0) is 0 Å². The van der Waals surface area contributed by atoms with Gasteiger partial charge in [-0.15, -0.1) is 24.7 Å². The molecule has 0 atom stereocenters. The monoisotopic (exact) mass is 218 g/mol. The molecule has 0 heterocycles. The van der Waals surface area contributed by atoms with Crippen molar-refractivity contribution >= 4 is 0 Å². The van der Waals surface area contributed by atoms with Gasteiger partial charge >= 0.3 is 0 Å². The zero-order chi connectivity index (χ0) is 12.0. The van der Waals surface area contributed by atoms with Gasteiger partial charge in [0.15, 0.2) is 0 Å². The zero-order valence-corrected chi connectivity index (χ0v) is 8.62. The molecule has 0 bridgehead atoms. The lowest BCUT2D eigenvalue weighted by Gasteiger charge is -2.11. The van der Waals surface area contributed by atoms with Crippen LogP contribution in [0.5, 0.6) is 11.5 Å². The first-order valence-electron chi connectivity index (χ1n) is 4.68. The summed E-state index contributed by atoms with van der Waals surface area (Å²) in [5, 5.41) is 0. The smallest absolute Gasteiger partial charge is 0.275 e. The molecule has 1 aromatic carbocycles. The fraction of sp³-hybridized carbons (Fsp3) is 0.333. The molecule has 0 saturated carbocycles. The molecule has 82 valence electrons. The Kier molecular flexibility index (Phi) is 4.17. The van der Waals surface area contributed by atoms with Gasteiger partial charge in [-0.3, -0.25) is 9.59 Å². The molecule has 0 unspecified atom stereocenters. The highest BCUT2D eigenvalue weighted by atomic mass is 16.5. The van der Waals surface area contributed by atoms with Gasteiger partial charge in [0.1, 0.15) is 0 Å². The minimum atomic E-state index is -0.673. The van der Waals surface area contributed by atoms with Crippen molar-refractivity contribution in [3.05, 3.63) is 20.4 Å². The standard InChI is InChI=1S/C12H10O4/c1-3-5-7-15-11-9(13)10(14)12(11)16-8-6-4-2/h1-2H,5-8H2. The van der Waals surface area contributed by atoms with Gasteiger partial charge in [0, 0.05) is 12.8 Å². The van der Waals surface area contributed by atoms with Crippen LogP contribution in [0.25, 0.3) is 0 Å². The highest BCUT2D eigenvalue weighted by Crippen LogP contribution is 2.20. The van der Waals surface area contributed by atoms with E-state index in [9.17, 15) is 9.59 Å². The van der Waals surface area contributed by atoms with Crippen LogP contribution in [-0.4, -0.2) is 13.2 Å². The average molecular weight is 218 g/mol. The Bertz CT molecular complexity index is 458. The molecule has 4 nitrogen and oxygen atoms in total. The summed E-state index contributed by atoms with van der Waals surface area (Å²) in [4.78, 5) is 22.2. The molecule has 0 amide bonds. The van der Waals surface area contributed by atoms with Crippen LogP contribution in [0, 0.1) is 24.7 Å². The number of hydrogen-bond acceptors (Lipinski definition) is 4. The predicted molar refractivity (Wildman–Crippen MR) is 59.2 cm³/mol. The molecule has 1 rings (SSSR count). The SMILES string of the molecule is C#CCCOc1c(OCCC#C)c(=O)c1=O. The van der Waals surface area contributed by atoms with Crippen LogP contribution >= 0.6 is 0 Å². The van der Waals surface area contributed by atoms with E-state index < -0.39 is 10.9 Å². The summed E-state index contributed by atoms with van der Waals surface area (Å²) in [6.45, 7) is 0.375. The average Bonchev–Trinajstić information content (AvgIpc) is 2.31. The molecule has 0 aliphatic rings. The third-order valence-corrected chi connectivity index (χ3v) is 1.81. The van der Waals surface area contributed by atoms with Crippen LogP contribution < -0.4 is 20.3 Å². The second-order valence-electron chi connectivity index (χ2n) is 2.92. The van der Waals surface area contributed by atoms with E-state index in [1.807, 2.05) is 0 Å². The molecule has 0 fully saturated rings. The Morgan fingerprint density at radius 1 is 0.875 bits per heavy atom. The summed E-state index contributed by atoms with van der Waals surface area (Å²) in [5.74, 6) is 4.62. The van der Waals surface area contributed by atoms with E-state index >= 15 is 0 Å². The van der Waals surface area contributed by atoms with E-state index in [-0.39, 0.29) is 24.7 Å². The maximum Gasteiger partial charge on any atom is 0.275 e. The number of terminal acetylenes is 2. The third kappa shape index (κ3) is 2.43. The Morgan fingerprint density at radius 3 is 1.56 bits per heavy atom. The van der Waals surface area contributed by atoms with E-state index in [1.54, 1.807) is 0 Å². The van der Waals surface area contributed by atoms with Crippen LogP contribution in [0.4, 0.5) is 0 Å². The lowest BCUT2D eigenvalue weighted by atomic mass is 10.2. The summed E-state index contributed by atoms with van der Waals surface area (Å²) >= 11 is 0. The second kappa shape index (κ2) is 5.63. The Hall–Kier alpha value is -2.20. The summed E-state index contributed by atoms with van der Waals surface area (Å²) in [5.41, 5.74) is -1.35.